The van der Waals surface area contributed by atoms with Gasteiger partial charge in [0.05, 0.1) is 6.54 Å². The van der Waals surface area contributed by atoms with Crippen LogP contribution in [-0.4, -0.2) is 29.0 Å². The van der Waals surface area contributed by atoms with Gasteiger partial charge in [0.2, 0.25) is 5.91 Å². The first-order valence-corrected chi connectivity index (χ1v) is 6.05. The van der Waals surface area contributed by atoms with E-state index in [1.54, 1.807) is 11.0 Å². The van der Waals surface area contributed by atoms with E-state index in [1.807, 2.05) is 6.92 Å². The molecule has 0 radical (unpaired) electrons. The minimum atomic E-state index is -0.380. The Morgan fingerprint density at radius 3 is 2.82 bits per heavy atom. The molecule has 2 N–H and O–H groups in total. The van der Waals surface area contributed by atoms with Gasteiger partial charge in [-0.2, -0.15) is 0 Å². The fraction of sp³-hybridized carbons (Fsp3) is 0.545. The number of amides is 1. The van der Waals surface area contributed by atoms with E-state index in [1.165, 1.54) is 0 Å². The molecule has 1 amide bonds. The average molecular weight is 255 g/mol. The van der Waals surface area contributed by atoms with E-state index >= 15 is 0 Å². The lowest BCUT2D eigenvalue weighted by molar-refractivity contribution is -0.116. The van der Waals surface area contributed by atoms with Gasteiger partial charge in [0.1, 0.15) is 16.8 Å². The van der Waals surface area contributed by atoms with Crippen molar-refractivity contribution in [2.24, 2.45) is 5.73 Å². The molecule has 0 unspecified atom stereocenters. The number of aromatic nitrogens is 2. The average Bonchev–Trinajstić information content (AvgIpc) is 3.08. The summed E-state index contributed by atoms with van der Waals surface area (Å²) in [5.74, 6) is 1.50. The molecule has 0 atom stereocenters. The van der Waals surface area contributed by atoms with Crippen LogP contribution in [0.4, 0.5) is 5.82 Å². The molecule has 5 nitrogen and oxygen atoms in total. The van der Waals surface area contributed by atoms with Gasteiger partial charge in [-0.25, -0.2) is 9.97 Å². The maximum Gasteiger partial charge on any atom is 0.236 e. The van der Waals surface area contributed by atoms with Crippen molar-refractivity contribution >= 4 is 23.3 Å². The number of primary amides is 1. The predicted molar refractivity (Wildman–Crippen MR) is 66.1 cm³/mol. The van der Waals surface area contributed by atoms with Crippen LogP contribution in [0.3, 0.4) is 0 Å². The quantitative estimate of drug-likeness (QED) is 0.805. The fourth-order valence-corrected chi connectivity index (χ4v) is 1.84. The SMILES string of the molecule is CCN(CC(N)=O)c1cc(Cl)nc(C2CC2)n1. The molecule has 1 aliphatic carbocycles. The van der Waals surface area contributed by atoms with Crippen molar-refractivity contribution in [3.8, 4) is 0 Å². The molecule has 1 saturated carbocycles. The van der Waals surface area contributed by atoms with E-state index in [0.717, 1.165) is 18.7 Å². The second-order valence-corrected chi connectivity index (χ2v) is 4.55. The Bertz CT molecular complexity index is 433. The Balaban J connectivity index is 2.25. The highest BCUT2D eigenvalue weighted by molar-refractivity contribution is 6.29. The molecule has 0 aromatic carbocycles. The van der Waals surface area contributed by atoms with Crippen molar-refractivity contribution in [3.63, 3.8) is 0 Å². The number of hydrogen-bond acceptors (Lipinski definition) is 4. The highest BCUT2D eigenvalue weighted by Gasteiger charge is 2.27. The van der Waals surface area contributed by atoms with E-state index in [2.05, 4.69) is 9.97 Å². The third-order valence-corrected chi connectivity index (χ3v) is 2.89. The summed E-state index contributed by atoms with van der Waals surface area (Å²) in [6.07, 6.45) is 2.23. The van der Waals surface area contributed by atoms with Crippen molar-refractivity contribution in [2.45, 2.75) is 25.7 Å². The van der Waals surface area contributed by atoms with E-state index in [0.29, 0.717) is 23.4 Å². The van der Waals surface area contributed by atoms with Crippen molar-refractivity contribution in [1.82, 2.24) is 9.97 Å². The van der Waals surface area contributed by atoms with Crippen LogP contribution in [0.15, 0.2) is 6.07 Å². The molecular formula is C11H15ClN4O. The third kappa shape index (κ3) is 3.06. The Labute approximate surface area is 105 Å². The molecule has 0 spiro atoms. The Morgan fingerprint density at radius 2 is 2.29 bits per heavy atom. The maximum atomic E-state index is 11.0. The fourth-order valence-electron chi connectivity index (χ4n) is 1.65. The summed E-state index contributed by atoms with van der Waals surface area (Å²) < 4.78 is 0. The maximum absolute atomic E-state index is 11.0. The lowest BCUT2D eigenvalue weighted by Crippen LogP contribution is -2.34. The second kappa shape index (κ2) is 4.87. The van der Waals surface area contributed by atoms with Crippen molar-refractivity contribution in [3.05, 3.63) is 17.0 Å². The predicted octanol–water partition coefficient (Wildman–Crippen LogP) is 1.32. The minimum absolute atomic E-state index is 0.147. The monoisotopic (exact) mass is 254 g/mol. The van der Waals surface area contributed by atoms with Gasteiger partial charge in [-0.3, -0.25) is 4.79 Å². The molecule has 2 rings (SSSR count). The summed E-state index contributed by atoms with van der Waals surface area (Å²) in [4.78, 5) is 21.4. The van der Waals surface area contributed by atoms with Gasteiger partial charge in [0, 0.05) is 18.5 Å². The van der Waals surface area contributed by atoms with Gasteiger partial charge in [-0.05, 0) is 19.8 Å². The number of nitrogens with zero attached hydrogens (tertiary/aromatic N) is 3. The summed E-state index contributed by atoms with van der Waals surface area (Å²) in [5.41, 5.74) is 5.20. The summed E-state index contributed by atoms with van der Waals surface area (Å²) in [6.45, 7) is 2.74. The van der Waals surface area contributed by atoms with Crippen molar-refractivity contribution < 1.29 is 4.79 Å². The lowest BCUT2D eigenvalue weighted by Gasteiger charge is -2.20. The number of carbonyl (C=O) groups is 1. The van der Waals surface area contributed by atoms with Crippen LogP contribution in [0.5, 0.6) is 0 Å². The zero-order valence-electron chi connectivity index (χ0n) is 9.69. The first-order chi connectivity index (χ1) is 8.10. The van der Waals surface area contributed by atoms with Crippen LogP contribution in [0.2, 0.25) is 5.15 Å². The largest absolute Gasteiger partial charge is 0.368 e. The van der Waals surface area contributed by atoms with Crippen molar-refractivity contribution in [1.29, 1.82) is 0 Å². The van der Waals surface area contributed by atoms with E-state index < -0.39 is 0 Å². The number of nitrogens with two attached hydrogens (primary N) is 1. The normalized spacial score (nSPS) is 14.7. The highest BCUT2D eigenvalue weighted by Crippen LogP contribution is 2.39. The number of carbonyl (C=O) groups excluding carboxylic acids is 1. The molecule has 92 valence electrons. The molecule has 6 heteroatoms. The summed E-state index contributed by atoms with van der Waals surface area (Å²) >= 11 is 5.97. The van der Waals surface area contributed by atoms with E-state index in [4.69, 9.17) is 17.3 Å². The van der Waals surface area contributed by atoms with Gasteiger partial charge in [-0.15, -0.1) is 0 Å². The number of likely N-dealkylation sites (N-methyl/N-ethyl adjacent to an activating group) is 1. The van der Waals surface area contributed by atoms with E-state index in [-0.39, 0.29) is 12.5 Å². The van der Waals surface area contributed by atoms with Gasteiger partial charge in [0.25, 0.3) is 0 Å². The van der Waals surface area contributed by atoms with Gasteiger partial charge >= 0.3 is 0 Å². The molecular weight excluding hydrogens is 240 g/mol. The van der Waals surface area contributed by atoms with Gasteiger partial charge in [0.15, 0.2) is 0 Å². The van der Waals surface area contributed by atoms with Crippen LogP contribution >= 0.6 is 11.6 Å². The molecule has 0 bridgehead atoms. The number of halogens is 1. The Morgan fingerprint density at radius 1 is 1.59 bits per heavy atom. The van der Waals surface area contributed by atoms with Crippen LogP contribution in [0.1, 0.15) is 31.5 Å². The Kier molecular flexibility index (Phi) is 3.47. The zero-order chi connectivity index (χ0) is 12.4. The standard InChI is InChI=1S/C11H15ClN4O/c1-2-16(6-9(13)17)10-5-8(12)14-11(15-10)7-3-4-7/h5,7H,2-4,6H2,1H3,(H2,13,17). The topological polar surface area (TPSA) is 72.1 Å². The van der Waals surface area contributed by atoms with Crippen LogP contribution in [0, 0.1) is 0 Å². The minimum Gasteiger partial charge on any atom is -0.368 e. The van der Waals surface area contributed by atoms with Gasteiger partial charge < -0.3 is 10.6 Å². The first-order valence-electron chi connectivity index (χ1n) is 5.68. The highest BCUT2D eigenvalue weighted by atomic mass is 35.5. The Hall–Kier alpha value is -1.36. The molecule has 1 fully saturated rings. The molecule has 0 saturated heterocycles. The molecule has 1 aromatic rings. The second-order valence-electron chi connectivity index (χ2n) is 4.16. The van der Waals surface area contributed by atoms with E-state index in [9.17, 15) is 4.79 Å². The number of anilines is 1. The van der Waals surface area contributed by atoms with Crippen LogP contribution < -0.4 is 10.6 Å². The zero-order valence-corrected chi connectivity index (χ0v) is 10.4. The van der Waals surface area contributed by atoms with Crippen LogP contribution in [0.25, 0.3) is 0 Å². The molecule has 1 aromatic heterocycles. The van der Waals surface area contributed by atoms with Crippen LogP contribution in [-0.2, 0) is 4.79 Å². The molecule has 17 heavy (non-hydrogen) atoms. The number of rotatable bonds is 5. The lowest BCUT2D eigenvalue weighted by atomic mass is 10.3. The molecule has 0 aliphatic heterocycles. The number of hydrogen-bond donors (Lipinski definition) is 1. The summed E-state index contributed by atoms with van der Waals surface area (Å²) in [7, 11) is 0. The van der Waals surface area contributed by atoms with Crippen molar-refractivity contribution in [2.75, 3.05) is 18.0 Å². The third-order valence-electron chi connectivity index (χ3n) is 2.69. The first kappa shape index (κ1) is 12.1. The summed E-state index contributed by atoms with van der Waals surface area (Å²) in [5, 5.41) is 0.417. The summed E-state index contributed by atoms with van der Waals surface area (Å²) in [6, 6.07) is 1.67. The molecule has 1 heterocycles. The van der Waals surface area contributed by atoms with Gasteiger partial charge in [-0.1, -0.05) is 11.6 Å². The molecule has 1 aliphatic rings. The smallest absolute Gasteiger partial charge is 0.236 e.